The molecule has 0 spiro atoms. The Bertz CT molecular complexity index is 823. The van der Waals surface area contributed by atoms with Crippen LogP contribution < -0.4 is 9.62 Å². The SMILES string of the molecule is CC(C(=O)N[C@H](C)c1ccccc1)N(c1ccc(Cl)cc1)S(C)(=O)=O. The van der Waals surface area contributed by atoms with Crippen LogP contribution in [0, 0.1) is 0 Å². The number of halogens is 1. The second-order valence-corrected chi connectivity index (χ2v) is 8.15. The summed E-state index contributed by atoms with van der Waals surface area (Å²) in [5.74, 6) is -0.378. The Morgan fingerprint density at radius 3 is 2.12 bits per heavy atom. The van der Waals surface area contributed by atoms with E-state index in [9.17, 15) is 13.2 Å². The van der Waals surface area contributed by atoms with Crippen LogP contribution >= 0.6 is 11.6 Å². The first-order valence-corrected chi connectivity index (χ1v) is 10.0. The standard InChI is InChI=1S/C18H21ClN2O3S/c1-13(15-7-5-4-6-8-15)20-18(22)14(2)21(25(3,23)24)17-11-9-16(19)10-12-17/h4-14H,1-3H3,(H,20,22)/t13-,14?/m1/s1. The molecule has 0 bridgehead atoms. The zero-order chi connectivity index (χ0) is 18.6. The molecule has 0 aliphatic heterocycles. The van der Waals surface area contributed by atoms with Crippen LogP contribution in [-0.2, 0) is 14.8 Å². The lowest BCUT2D eigenvalue weighted by molar-refractivity contribution is -0.122. The van der Waals surface area contributed by atoms with Crippen molar-refractivity contribution in [1.29, 1.82) is 0 Å². The summed E-state index contributed by atoms with van der Waals surface area (Å²) in [6.07, 6.45) is 1.08. The van der Waals surface area contributed by atoms with Gasteiger partial charge in [0.1, 0.15) is 6.04 Å². The molecule has 0 saturated heterocycles. The van der Waals surface area contributed by atoms with E-state index >= 15 is 0 Å². The maximum absolute atomic E-state index is 12.6. The summed E-state index contributed by atoms with van der Waals surface area (Å²) >= 11 is 5.86. The van der Waals surface area contributed by atoms with Gasteiger partial charge in [0.05, 0.1) is 18.0 Å². The van der Waals surface area contributed by atoms with Crippen molar-refractivity contribution in [2.45, 2.75) is 25.9 Å². The van der Waals surface area contributed by atoms with Crippen LogP contribution in [0.1, 0.15) is 25.5 Å². The molecule has 0 aliphatic carbocycles. The van der Waals surface area contributed by atoms with E-state index in [0.717, 1.165) is 16.1 Å². The maximum Gasteiger partial charge on any atom is 0.244 e. The third kappa shape index (κ3) is 4.96. The number of sulfonamides is 1. The molecular formula is C18H21ClN2O3S. The Morgan fingerprint density at radius 1 is 1.04 bits per heavy atom. The topological polar surface area (TPSA) is 66.5 Å². The van der Waals surface area contributed by atoms with Gasteiger partial charge >= 0.3 is 0 Å². The summed E-state index contributed by atoms with van der Waals surface area (Å²) in [5, 5.41) is 3.35. The fourth-order valence-electron chi connectivity index (χ4n) is 2.56. The predicted molar refractivity (Wildman–Crippen MR) is 101 cm³/mol. The maximum atomic E-state index is 12.6. The van der Waals surface area contributed by atoms with E-state index in [0.29, 0.717) is 10.7 Å². The van der Waals surface area contributed by atoms with E-state index < -0.39 is 16.1 Å². The van der Waals surface area contributed by atoms with Gasteiger partial charge in [0.2, 0.25) is 15.9 Å². The number of nitrogens with one attached hydrogen (secondary N) is 1. The molecule has 134 valence electrons. The summed E-state index contributed by atoms with van der Waals surface area (Å²) < 4.78 is 25.6. The van der Waals surface area contributed by atoms with Gasteiger partial charge in [-0.25, -0.2) is 8.42 Å². The van der Waals surface area contributed by atoms with Crippen LogP contribution in [-0.4, -0.2) is 26.6 Å². The number of hydrogen-bond acceptors (Lipinski definition) is 3. The molecule has 2 aromatic rings. The highest BCUT2D eigenvalue weighted by Crippen LogP contribution is 2.23. The summed E-state index contributed by atoms with van der Waals surface area (Å²) in [5.41, 5.74) is 1.34. The quantitative estimate of drug-likeness (QED) is 0.835. The molecule has 25 heavy (non-hydrogen) atoms. The van der Waals surface area contributed by atoms with Crippen molar-refractivity contribution < 1.29 is 13.2 Å². The predicted octanol–water partition coefficient (Wildman–Crippen LogP) is 3.37. The van der Waals surface area contributed by atoms with Gasteiger partial charge in [-0.3, -0.25) is 9.10 Å². The number of nitrogens with zero attached hydrogens (tertiary/aromatic N) is 1. The summed E-state index contributed by atoms with van der Waals surface area (Å²) in [7, 11) is -3.65. The number of benzene rings is 2. The first-order valence-electron chi connectivity index (χ1n) is 7.80. The molecule has 1 unspecified atom stereocenters. The van der Waals surface area contributed by atoms with Gasteiger partial charge in [-0.2, -0.15) is 0 Å². The van der Waals surface area contributed by atoms with Crippen molar-refractivity contribution in [3.8, 4) is 0 Å². The molecular weight excluding hydrogens is 360 g/mol. The first kappa shape index (κ1) is 19.3. The van der Waals surface area contributed by atoms with E-state index in [-0.39, 0.29) is 11.9 Å². The smallest absolute Gasteiger partial charge is 0.244 e. The van der Waals surface area contributed by atoms with Crippen molar-refractivity contribution in [2.75, 3.05) is 10.6 Å². The van der Waals surface area contributed by atoms with E-state index in [4.69, 9.17) is 11.6 Å². The van der Waals surface area contributed by atoms with Gasteiger partial charge < -0.3 is 5.32 Å². The van der Waals surface area contributed by atoms with Crippen LogP contribution in [0.3, 0.4) is 0 Å². The Balaban J connectivity index is 2.23. The summed E-state index contributed by atoms with van der Waals surface area (Å²) in [6, 6.07) is 14.7. The molecule has 2 aromatic carbocycles. The Morgan fingerprint density at radius 2 is 1.60 bits per heavy atom. The second-order valence-electron chi connectivity index (χ2n) is 5.85. The Kier molecular flexibility index (Phi) is 6.08. The van der Waals surface area contributed by atoms with Crippen molar-refractivity contribution in [3.63, 3.8) is 0 Å². The van der Waals surface area contributed by atoms with E-state index in [1.807, 2.05) is 37.3 Å². The largest absolute Gasteiger partial charge is 0.348 e. The highest BCUT2D eigenvalue weighted by Gasteiger charge is 2.29. The third-order valence-corrected chi connectivity index (χ3v) is 5.32. The fraction of sp³-hybridized carbons (Fsp3) is 0.278. The molecule has 0 radical (unpaired) electrons. The van der Waals surface area contributed by atoms with Crippen molar-refractivity contribution >= 4 is 33.2 Å². The zero-order valence-electron chi connectivity index (χ0n) is 14.3. The summed E-state index contributed by atoms with van der Waals surface area (Å²) in [6.45, 7) is 3.41. The average Bonchev–Trinajstić information content (AvgIpc) is 2.56. The molecule has 2 atom stereocenters. The molecule has 5 nitrogen and oxygen atoms in total. The van der Waals surface area contributed by atoms with Crippen LogP contribution in [0.15, 0.2) is 54.6 Å². The van der Waals surface area contributed by atoms with Crippen molar-refractivity contribution in [1.82, 2.24) is 5.32 Å². The molecule has 0 aliphatic rings. The van der Waals surface area contributed by atoms with E-state index in [2.05, 4.69) is 5.32 Å². The number of hydrogen-bond donors (Lipinski definition) is 1. The Labute approximate surface area is 153 Å². The van der Waals surface area contributed by atoms with Crippen molar-refractivity contribution in [2.24, 2.45) is 0 Å². The van der Waals surface area contributed by atoms with Gasteiger partial charge in [-0.15, -0.1) is 0 Å². The van der Waals surface area contributed by atoms with Crippen LogP contribution in [0.5, 0.6) is 0 Å². The number of anilines is 1. The third-order valence-electron chi connectivity index (χ3n) is 3.83. The van der Waals surface area contributed by atoms with Gasteiger partial charge in [0, 0.05) is 5.02 Å². The Hall–Kier alpha value is -2.05. The van der Waals surface area contributed by atoms with E-state index in [1.165, 1.54) is 0 Å². The number of carbonyl (C=O) groups is 1. The van der Waals surface area contributed by atoms with E-state index in [1.54, 1.807) is 31.2 Å². The molecule has 0 heterocycles. The molecule has 0 aromatic heterocycles. The van der Waals surface area contributed by atoms with Crippen LogP contribution in [0.2, 0.25) is 5.02 Å². The summed E-state index contributed by atoms with van der Waals surface area (Å²) in [4.78, 5) is 12.6. The highest BCUT2D eigenvalue weighted by atomic mass is 35.5. The lowest BCUT2D eigenvalue weighted by atomic mass is 10.1. The highest BCUT2D eigenvalue weighted by molar-refractivity contribution is 7.92. The molecule has 1 amide bonds. The second kappa shape index (κ2) is 7.89. The first-order chi connectivity index (χ1) is 11.7. The van der Waals surface area contributed by atoms with Gasteiger partial charge in [-0.05, 0) is 43.7 Å². The van der Waals surface area contributed by atoms with Gasteiger partial charge in [0.25, 0.3) is 0 Å². The number of rotatable bonds is 6. The monoisotopic (exact) mass is 380 g/mol. The minimum Gasteiger partial charge on any atom is -0.348 e. The average molecular weight is 381 g/mol. The van der Waals surface area contributed by atoms with Gasteiger partial charge in [0.15, 0.2) is 0 Å². The lowest BCUT2D eigenvalue weighted by Crippen LogP contribution is -2.48. The van der Waals surface area contributed by atoms with Crippen LogP contribution in [0.25, 0.3) is 0 Å². The van der Waals surface area contributed by atoms with Gasteiger partial charge in [-0.1, -0.05) is 41.9 Å². The molecule has 0 saturated carbocycles. The molecule has 7 heteroatoms. The molecule has 2 rings (SSSR count). The fourth-order valence-corrected chi connectivity index (χ4v) is 3.86. The number of carbonyl (C=O) groups excluding carboxylic acids is 1. The molecule has 0 fully saturated rings. The normalized spacial score (nSPS) is 13.8. The van der Waals surface area contributed by atoms with Crippen LogP contribution in [0.4, 0.5) is 5.69 Å². The molecule has 1 N–H and O–H groups in total. The number of amides is 1. The minimum atomic E-state index is -3.65. The van der Waals surface area contributed by atoms with Crippen molar-refractivity contribution in [3.05, 3.63) is 65.2 Å². The lowest BCUT2D eigenvalue weighted by Gasteiger charge is -2.29. The minimum absolute atomic E-state index is 0.234. The zero-order valence-corrected chi connectivity index (χ0v) is 15.9.